The number of rotatable bonds is 11. The first kappa shape index (κ1) is 34.0. The molecule has 0 spiro atoms. The maximum Gasteiger partial charge on any atom is 0.323 e. The third kappa shape index (κ3) is 10.0. The molecule has 0 saturated heterocycles. The van der Waals surface area contributed by atoms with E-state index in [1.807, 2.05) is 12.1 Å². The first-order valence-corrected chi connectivity index (χ1v) is 14.5. The van der Waals surface area contributed by atoms with E-state index in [2.05, 4.69) is 10.6 Å². The Kier molecular flexibility index (Phi) is 12.4. The molecule has 8 nitrogen and oxygen atoms in total. The number of nitrogens with one attached hydrogen (secondary N) is 2. The lowest BCUT2D eigenvalue weighted by atomic mass is 9.95. The van der Waals surface area contributed by atoms with E-state index < -0.39 is 6.03 Å². The van der Waals surface area contributed by atoms with Crippen molar-refractivity contribution in [3.63, 3.8) is 0 Å². The van der Waals surface area contributed by atoms with Gasteiger partial charge in [0, 0.05) is 47.2 Å². The Hall–Kier alpha value is -5.50. The molecule has 0 atom stereocenters. The van der Waals surface area contributed by atoms with E-state index >= 15 is 0 Å². The highest BCUT2D eigenvalue weighted by molar-refractivity contribution is 6.07. The summed E-state index contributed by atoms with van der Waals surface area (Å²) >= 11 is 0. The average molecular weight is 605 g/mol. The number of Topliss-reactive ketones (excluding diaryl/α,β-unsaturated/α-hetero) is 5. The molecule has 2 N–H and O–H groups in total. The van der Waals surface area contributed by atoms with Crippen LogP contribution in [0.5, 0.6) is 0 Å². The van der Waals surface area contributed by atoms with E-state index in [4.69, 9.17) is 0 Å². The van der Waals surface area contributed by atoms with Crippen LogP contribution in [0.15, 0.2) is 97.1 Å². The first-order valence-electron chi connectivity index (χ1n) is 14.5. The number of para-hydroxylation sites is 1. The first-order chi connectivity index (χ1) is 21.5. The molecule has 0 aromatic heterocycles. The van der Waals surface area contributed by atoms with Crippen LogP contribution in [-0.2, 0) is 17.6 Å². The summed E-state index contributed by atoms with van der Waals surface area (Å²) < 4.78 is 0. The Morgan fingerprint density at radius 2 is 1.00 bits per heavy atom. The molecule has 2 amide bonds. The van der Waals surface area contributed by atoms with E-state index in [-0.39, 0.29) is 41.8 Å². The Bertz CT molecular complexity index is 1660. The fourth-order valence-electron chi connectivity index (χ4n) is 4.62. The monoisotopic (exact) mass is 604 g/mol. The van der Waals surface area contributed by atoms with E-state index in [1.165, 1.54) is 20.8 Å². The number of carbonyl (C=O) groups excluding carboxylic acids is 6. The Morgan fingerprint density at radius 3 is 1.47 bits per heavy atom. The third-order valence-corrected chi connectivity index (χ3v) is 6.91. The molecule has 0 heterocycles. The molecule has 0 unspecified atom stereocenters. The number of carbonyl (C=O) groups is 6. The summed E-state index contributed by atoms with van der Waals surface area (Å²) in [7, 11) is 0. The van der Waals surface area contributed by atoms with Gasteiger partial charge in [0.25, 0.3) is 0 Å². The zero-order valence-corrected chi connectivity index (χ0v) is 25.8. The van der Waals surface area contributed by atoms with Crippen molar-refractivity contribution in [1.29, 1.82) is 0 Å². The molecule has 0 aliphatic heterocycles. The lowest BCUT2D eigenvalue weighted by Gasteiger charge is -2.11. The second kappa shape index (κ2) is 16.4. The lowest BCUT2D eigenvalue weighted by molar-refractivity contribution is -0.117. The van der Waals surface area contributed by atoms with Crippen molar-refractivity contribution in [2.45, 2.75) is 47.0 Å². The molecule has 45 heavy (non-hydrogen) atoms. The minimum Gasteiger partial charge on any atom is -0.308 e. The van der Waals surface area contributed by atoms with Gasteiger partial charge < -0.3 is 10.6 Å². The highest BCUT2D eigenvalue weighted by atomic mass is 16.2. The predicted molar refractivity (Wildman–Crippen MR) is 175 cm³/mol. The van der Waals surface area contributed by atoms with E-state index in [0.717, 1.165) is 11.1 Å². The van der Waals surface area contributed by atoms with Crippen LogP contribution in [0.4, 0.5) is 16.2 Å². The standard InChI is InChI=1S/C19H18O3.C18H18N2O3/c1-13(20)18-9-5-3-7-15(18)11-17(22)12-16-8-4-6-10-19(16)14(2)21;1-3-17(22)15-6-4-5-7-16(15)20-18(23)19-14-10-8-13(9-11-14)12(2)21/h3-10H,11-12H2,1-2H3;4-11H,3H2,1-2H3,(H2,19,20,23). The molecule has 0 radical (unpaired) electrons. The van der Waals surface area contributed by atoms with Gasteiger partial charge in [-0.25, -0.2) is 4.79 Å². The summed E-state index contributed by atoms with van der Waals surface area (Å²) in [5.41, 5.74) is 4.72. The zero-order valence-electron chi connectivity index (χ0n) is 25.8. The fourth-order valence-corrected chi connectivity index (χ4v) is 4.62. The van der Waals surface area contributed by atoms with E-state index in [9.17, 15) is 28.8 Å². The van der Waals surface area contributed by atoms with Gasteiger partial charge in [0.1, 0.15) is 5.78 Å². The average Bonchev–Trinajstić information content (AvgIpc) is 3.01. The minimum absolute atomic E-state index is 0.0117. The summed E-state index contributed by atoms with van der Waals surface area (Å²) in [6, 6.07) is 27.3. The Balaban J connectivity index is 0.000000246. The van der Waals surface area contributed by atoms with Crippen LogP contribution in [0, 0.1) is 0 Å². The van der Waals surface area contributed by atoms with Crippen molar-refractivity contribution >= 4 is 46.3 Å². The maximum absolute atomic E-state index is 12.3. The number of ketones is 5. The highest BCUT2D eigenvalue weighted by Gasteiger charge is 2.14. The van der Waals surface area contributed by atoms with Gasteiger partial charge in [-0.15, -0.1) is 0 Å². The number of urea groups is 1. The van der Waals surface area contributed by atoms with Gasteiger partial charge in [-0.3, -0.25) is 24.0 Å². The molecular formula is C37H36N2O6. The van der Waals surface area contributed by atoms with Gasteiger partial charge in [0.2, 0.25) is 0 Å². The summed E-state index contributed by atoms with van der Waals surface area (Å²) in [6.45, 7) is 6.25. The van der Waals surface area contributed by atoms with Gasteiger partial charge in [0.15, 0.2) is 23.1 Å². The van der Waals surface area contributed by atoms with Crippen LogP contribution in [-0.4, -0.2) is 34.9 Å². The zero-order chi connectivity index (χ0) is 32.9. The Labute approximate surface area is 262 Å². The molecule has 4 rings (SSSR count). The molecule has 0 bridgehead atoms. The van der Waals surface area contributed by atoms with Gasteiger partial charge in [0.05, 0.1) is 5.69 Å². The smallest absolute Gasteiger partial charge is 0.308 e. The van der Waals surface area contributed by atoms with Crippen molar-refractivity contribution < 1.29 is 28.8 Å². The van der Waals surface area contributed by atoms with Crippen LogP contribution >= 0.6 is 0 Å². The molecule has 0 aliphatic carbocycles. The summed E-state index contributed by atoms with van der Waals surface area (Å²) in [6.07, 6.45) is 0.761. The quantitative estimate of drug-likeness (QED) is 0.170. The summed E-state index contributed by atoms with van der Waals surface area (Å²) in [5, 5.41) is 5.34. The van der Waals surface area contributed by atoms with Gasteiger partial charge in [-0.2, -0.15) is 0 Å². The lowest BCUT2D eigenvalue weighted by Crippen LogP contribution is -2.21. The predicted octanol–water partition coefficient (Wildman–Crippen LogP) is 7.57. The van der Waals surface area contributed by atoms with Crippen LogP contribution in [0.25, 0.3) is 0 Å². The summed E-state index contributed by atoms with van der Waals surface area (Å²) in [4.78, 5) is 70.6. The topological polar surface area (TPSA) is 126 Å². The Morgan fingerprint density at radius 1 is 0.533 bits per heavy atom. The van der Waals surface area contributed by atoms with E-state index in [1.54, 1.807) is 91.9 Å². The van der Waals surface area contributed by atoms with Crippen molar-refractivity contribution in [3.05, 3.63) is 130 Å². The largest absolute Gasteiger partial charge is 0.323 e. The fraction of sp³-hybridized carbons (Fsp3) is 0.189. The number of hydrogen-bond donors (Lipinski definition) is 2. The maximum atomic E-state index is 12.3. The molecule has 0 saturated carbocycles. The van der Waals surface area contributed by atoms with Crippen LogP contribution in [0.2, 0.25) is 0 Å². The van der Waals surface area contributed by atoms with Crippen molar-refractivity contribution in [2.75, 3.05) is 10.6 Å². The summed E-state index contributed by atoms with van der Waals surface area (Å²) in [5.74, 6) is -0.179. The second-order valence-corrected chi connectivity index (χ2v) is 10.4. The molecular weight excluding hydrogens is 568 g/mol. The van der Waals surface area contributed by atoms with Crippen molar-refractivity contribution in [3.8, 4) is 0 Å². The highest BCUT2D eigenvalue weighted by Crippen LogP contribution is 2.18. The molecule has 0 fully saturated rings. The SMILES string of the molecule is CC(=O)c1ccccc1CC(=O)Cc1ccccc1C(C)=O.CCC(=O)c1ccccc1NC(=O)Nc1ccc(C(C)=O)cc1. The van der Waals surface area contributed by atoms with Gasteiger partial charge in [-0.05, 0) is 68.3 Å². The van der Waals surface area contributed by atoms with Gasteiger partial charge >= 0.3 is 6.03 Å². The number of anilines is 2. The molecule has 0 aliphatic rings. The van der Waals surface area contributed by atoms with Crippen molar-refractivity contribution in [1.82, 2.24) is 0 Å². The van der Waals surface area contributed by atoms with Crippen LogP contribution < -0.4 is 10.6 Å². The molecule has 4 aromatic rings. The number of amides is 2. The minimum atomic E-state index is -0.447. The van der Waals surface area contributed by atoms with E-state index in [0.29, 0.717) is 40.0 Å². The molecule has 8 heteroatoms. The van der Waals surface area contributed by atoms with Crippen LogP contribution in [0.1, 0.15) is 86.7 Å². The normalized spacial score (nSPS) is 10.1. The molecule has 230 valence electrons. The third-order valence-electron chi connectivity index (χ3n) is 6.91. The second-order valence-electron chi connectivity index (χ2n) is 10.4. The van der Waals surface area contributed by atoms with Crippen LogP contribution in [0.3, 0.4) is 0 Å². The molecule has 4 aromatic carbocycles. The van der Waals surface area contributed by atoms with Gasteiger partial charge in [-0.1, -0.05) is 67.6 Å². The number of hydrogen-bond acceptors (Lipinski definition) is 6. The number of benzene rings is 4. The van der Waals surface area contributed by atoms with Crippen molar-refractivity contribution in [2.24, 2.45) is 0 Å².